The van der Waals surface area contributed by atoms with Gasteiger partial charge in [-0.2, -0.15) is 0 Å². The minimum Gasteiger partial charge on any atom is -0.495 e. The minimum atomic E-state index is 0.133. The molecule has 0 saturated carbocycles. The zero-order chi connectivity index (χ0) is 41.1. The number of hydrogen-bond acceptors (Lipinski definition) is 8. The van der Waals surface area contributed by atoms with Gasteiger partial charge in [0, 0.05) is 69.7 Å². The van der Waals surface area contributed by atoms with Gasteiger partial charge in [-0.15, -0.1) is 0 Å². The van der Waals surface area contributed by atoms with Crippen LogP contribution in [-0.4, -0.2) is 68.2 Å². The Morgan fingerprint density at radius 3 is 1.11 bits per heavy atom. The molecule has 0 saturated heterocycles. The summed E-state index contributed by atoms with van der Waals surface area (Å²) >= 11 is 0. The number of aryl methyl sites for hydroxylation is 2. The molecule has 0 heterocycles. The molecule has 56 heavy (non-hydrogen) atoms. The molecular weight excluding hydrogens is 701 g/mol. The van der Waals surface area contributed by atoms with E-state index in [4.69, 9.17) is 38.4 Å². The molecule has 4 aromatic rings. The number of fused-ring (bicyclic) bond motifs is 2. The van der Waals surface area contributed by atoms with Gasteiger partial charge in [-0.25, -0.2) is 0 Å². The molecule has 0 aliphatic rings. The largest absolute Gasteiger partial charge is 0.495 e. The van der Waals surface area contributed by atoms with Gasteiger partial charge in [0.15, 0.2) is 23.0 Å². The molecule has 8 nitrogen and oxygen atoms in total. The summed E-state index contributed by atoms with van der Waals surface area (Å²) in [5.41, 5.74) is 7.76. The maximum absolute atomic E-state index is 6.57. The van der Waals surface area contributed by atoms with Crippen molar-refractivity contribution in [3.8, 4) is 45.6 Å². The van der Waals surface area contributed by atoms with Crippen LogP contribution in [0.5, 0.6) is 34.5 Å². The second kappa shape index (κ2) is 20.6. The molecule has 0 fully saturated rings. The Balaban J connectivity index is 2.24. The van der Waals surface area contributed by atoms with Crippen LogP contribution in [0.4, 0.5) is 0 Å². The molecule has 0 N–H and O–H groups in total. The van der Waals surface area contributed by atoms with Crippen LogP contribution in [0.15, 0.2) is 22.1 Å². The quantitative estimate of drug-likeness (QED) is 0.0620. The third-order valence-electron chi connectivity index (χ3n) is 10.8. The first kappa shape index (κ1) is 44.3. The molecule has 306 valence electrons. The Bertz CT molecular complexity index is 1880. The average Bonchev–Trinajstić information content (AvgIpc) is 3.18. The molecule has 0 aliphatic carbocycles. The van der Waals surface area contributed by atoms with E-state index in [0.29, 0.717) is 11.5 Å². The lowest BCUT2D eigenvalue weighted by Crippen LogP contribution is -2.08. The topological polar surface area (TPSA) is 80.1 Å². The van der Waals surface area contributed by atoms with Crippen molar-refractivity contribution in [2.24, 2.45) is 9.98 Å². The maximum Gasteiger partial charge on any atom is 0.170 e. The van der Waals surface area contributed by atoms with Gasteiger partial charge in [-0.3, -0.25) is 9.98 Å². The highest BCUT2D eigenvalue weighted by Gasteiger charge is 2.31. The highest BCUT2D eigenvalue weighted by Crippen LogP contribution is 2.55. The summed E-state index contributed by atoms with van der Waals surface area (Å²) in [4.78, 5) is 9.92. The van der Waals surface area contributed by atoms with E-state index >= 15 is 0 Å². The predicted octanol–water partition coefficient (Wildman–Crippen LogP) is 12.6. The number of benzene rings is 4. The number of ether oxygens (including phenoxy) is 6. The number of aliphatic imine (C=N–C) groups is 2. The van der Waals surface area contributed by atoms with Gasteiger partial charge >= 0.3 is 0 Å². The Hall–Kier alpha value is -4.46. The van der Waals surface area contributed by atoms with Crippen molar-refractivity contribution in [3.05, 3.63) is 45.5 Å². The summed E-state index contributed by atoms with van der Waals surface area (Å²) in [7, 11) is 10.3. The van der Waals surface area contributed by atoms with Crippen LogP contribution in [0.3, 0.4) is 0 Å². The zero-order valence-electron chi connectivity index (χ0n) is 36.9. The lowest BCUT2D eigenvalue weighted by atomic mass is 9.83. The fourth-order valence-corrected chi connectivity index (χ4v) is 8.30. The van der Waals surface area contributed by atoms with Gasteiger partial charge in [-0.1, -0.05) is 92.2 Å². The zero-order valence-corrected chi connectivity index (χ0v) is 36.9. The number of unbranched alkanes of at least 4 members (excludes halogenated alkanes) is 6. The van der Waals surface area contributed by atoms with E-state index in [1.54, 1.807) is 42.7 Å². The number of hydrogen-bond donors (Lipinski definition) is 0. The number of rotatable bonds is 21. The molecule has 4 aromatic carbocycles. The van der Waals surface area contributed by atoms with E-state index in [1.807, 2.05) is 12.4 Å². The molecule has 8 heteroatoms. The number of nitrogens with zero attached hydrogens (tertiary/aromatic N) is 2. The Labute approximate surface area is 337 Å². The van der Waals surface area contributed by atoms with Gasteiger partial charge in [0.05, 0.1) is 42.7 Å². The molecule has 0 spiro atoms. The van der Waals surface area contributed by atoms with Gasteiger partial charge < -0.3 is 28.4 Å². The first-order chi connectivity index (χ1) is 27.0. The summed E-state index contributed by atoms with van der Waals surface area (Å²) in [6.07, 6.45) is 13.0. The molecule has 4 rings (SSSR count). The van der Waals surface area contributed by atoms with Crippen molar-refractivity contribution >= 4 is 34.0 Å². The van der Waals surface area contributed by atoms with E-state index in [-0.39, 0.29) is 11.8 Å². The molecule has 0 aliphatic heterocycles. The third-order valence-corrected chi connectivity index (χ3v) is 10.8. The SMILES string of the molecule is CCCCCCN=Cc1c(OC)c(OC)c(C(C)C)c2cc(C)c(-c3c(C)cc4c(C(C)C)c(OC)c(OC)c(C=NCCCCCC)c4c3OC)c(OC)c12. The molecular formula is C48H68N2O6. The fourth-order valence-electron chi connectivity index (χ4n) is 8.30. The molecule has 0 amide bonds. The van der Waals surface area contributed by atoms with E-state index in [0.717, 1.165) is 128 Å². The predicted molar refractivity (Wildman–Crippen MR) is 237 cm³/mol. The van der Waals surface area contributed by atoms with Crippen LogP contribution in [-0.2, 0) is 0 Å². The highest BCUT2D eigenvalue weighted by molar-refractivity contribution is 6.15. The van der Waals surface area contributed by atoms with Crippen molar-refractivity contribution in [1.29, 1.82) is 0 Å². The van der Waals surface area contributed by atoms with Gasteiger partial charge in [0.2, 0.25) is 0 Å². The lowest BCUT2D eigenvalue weighted by Gasteiger charge is -2.27. The molecule has 0 radical (unpaired) electrons. The Morgan fingerprint density at radius 2 is 0.821 bits per heavy atom. The summed E-state index contributed by atoms with van der Waals surface area (Å²) in [5, 5.41) is 3.95. The monoisotopic (exact) mass is 769 g/mol. The summed E-state index contributed by atoms with van der Waals surface area (Å²) in [5.74, 6) is 4.45. The van der Waals surface area contributed by atoms with Crippen molar-refractivity contribution in [3.63, 3.8) is 0 Å². The van der Waals surface area contributed by atoms with Gasteiger partial charge in [0.25, 0.3) is 0 Å². The molecule has 0 bridgehead atoms. The standard InChI is InChI=1S/C48H68N2O6/c1-15-17-19-21-23-49-27-35-41-33(37(29(3)4)47(55-13)43(35)51-9)25-31(7)39(45(41)53-11)40-32(8)26-34-38(30(5)6)48(56-14)44(52-10)36(42(34)46(40)54-12)28-50-24-22-20-18-16-2/h25-30H,15-24H2,1-14H3. The Morgan fingerprint density at radius 1 is 0.482 bits per heavy atom. The van der Waals surface area contributed by atoms with Crippen molar-refractivity contribution < 1.29 is 28.4 Å². The normalized spacial score (nSPS) is 11.9. The first-order valence-electron chi connectivity index (χ1n) is 20.6. The van der Waals surface area contributed by atoms with Crippen LogP contribution < -0.4 is 28.4 Å². The lowest BCUT2D eigenvalue weighted by molar-refractivity contribution is 0.351. The summed E-state index contributed by atoms with van der Waals surface area (Å²) in [6.45, 7) is 18.9. The smallest absolute Gasteiger partial charge is 0.170 e. The molecule has 0 aromatic heterocycles. The maximum atomic E-state index is 6.57. The van der Waals surface area contributed by atoms with Crippen LogP contribution in [0.25, 0.3) is 32.7 Å². The Kier molecular flexibility index (Phi) is 16.3. The van der Waals surface area contributed by atoms with E-state index in [2.05, 4.69) is 67.5 Å². The van der Waals surface area contributed by atoms with Crippen molar-refractivity contribution in [2.45, 2.75) is 119 Å². The van der Waals surface area contributed by atoms with Crippen molar-refractivity contribution in [1.82, 2.24) is 0 Å². The van der Waals surface area contributed by atoms with E-state index in [1.165, 1.54) is 25.7 Å². The fraction of sp³-hybridized carbons (Fsp3) is 0.542. The minimum absolute atomic E-state index is 0.133. The first-order valence-corrected chi connectivity index (χ1v) is 20.6. The molecule has 0 atom stereocenters. The van der Waals surface area contributed by atoms with Crippen LogP contribution in [0, 0.1) is 13.8 Å². The van der Waals surface area contributed by atoms with Crippen LogP contribution in [0.1, 0.15) is 138 Å². The van der Waals surface area contributed by atoms with Crippen molar-refractivity contribution in [2.75, 3.05) is 55.7 Å². The second-order valence-electron chi connectivity index (χ2n) is 15.3. The van der Waals surface area contributed by atoms with Crippen LogP contribution >= 0.6 is 0 Å². The number of methoxy groups -OCH3 is 6. The summed E-state index contributed by atoms with van der Waals surface area (Å²) in [6, 6.07) is 4.53. The highest BCUT2D eigenvalue weighted by atomic mass is 16.5. The van der Waals surface area contributed by atoms with E-state index in [9.17, 15) is 0 Å². The molecule has 0 unspecified atom stereocenters. The summed E-state index contributed by atoms with van der Waals surface area (Å²) < 4.78 is 37.8. The van der Waals surface area contributed by atoms with E-state index < -0.39 is 0 Å². The average molecular weight is 769 g/mol. The third kappa shape index (κ3) is 8.74. The van der Waals surface area contributed by atoms with Crippen LogP contribution in [0.2, 0.25) is 0 Å². The second-order valence-corrected chi connectivity index (χ2v) is 15.3. The van der Waals surface area contributed by atoms with Gasteiger partial charge in [-0.05, 0) is 60.4 Å². The van der Waals surface area contributed by atoms with Gasteiger partial charge in [0.1, 0.15) is 11.5 Å².